The smallest absolute Gasteiger partial charge is 0.0757 e. The Kier molecular flexibility index (Phi) is 4.41. The molecule has 19 heavy (non-hydrogen) atoms. The monoisotopic (exact) mass is 256 g/mol. The van der Waals surface area contributed by atoms with Crippen molar-refractivity contribution >= 4 is 16.6 Å². The highest BCUT2D eigenvalue weighted by molar-refractivity contribution is 5.94. The molecular formula is C17H24N2. The first-order chi connectivity index (χ1) is 9.17. The summed E-state index contributed by atoms with van der Waals surface area (Å²) in [5.74, 6) is 0. The van der Waals surface area contributed by atoms with Gasteiger partial charge >= 0.3 is 0 Å². The predicted octanol–water partition coefficient (Wildman–Crippen LogP) is 4.63. The maximum Gasteiger partial charge on any atom is 0.0757 e. The van der Waals surface area contributed by atoms with E-state index in [0.29, 0.717) is 0 Å². The summed E-state index contributed by atoms with van der Waals surface area (Å²) in [5.41, 5.74) is 6.20. The van der Waals surface area contributed by atoms with E-state index in [0.717, 1.165) is 31.3 Å². The third-order valence-electron chi connectivity index (χ3n) is 3.63. The van der Waals surface area contributed by atoms with Crippen LogP contribution in [-0.2, 0) is 6.42 Å². The quantitative estimate of drug-likeness (QED) is 0.844. The molecule has 0 saturated carbocycles. The van der Waals surface area contributed by atoms with Crippen molar-refractivity contribution < 1.29 is 0 Å². The minimum absolute atomic E-state index is 1.01. The van der Waals surface area contributed by atoms with Crippen LogP contribution in [0.1, 0.15) is 43.5 Å². The first-order valence-electron chi connectivity index (χ1n) is 7.31. The molecule has 1 heterocycles. The zero-order valence-corrected chi connectivity index (χ0v) is 12.5. The molecule has 2 aromatic rings. The number of nitrogens with one attached hydrogen (secondary N) is 1. The molecule has 0 bridgehead atoms. The molecule has 0 unspecified atom stereocenters. The number of hydrogen-bond acceptors (Lipinski definition) is 2. The van der Waals surface area contributed by atoms with Gasteiger partial charge in [-0.25, -0.2) is 0 Å². The molecule has 0 saturated heterocycles. The summed E-state index contributed by atoms with van der Waals surface area (Å²) in [5, 5.41) is 4.79. The second kappa shape index (κ2) is 6.05. The largest absolute Gasteiger partial charge is 0.384 e. The van der Waals surface area contributed by atoms with Crippen LogP contribution in [0.4, 0.5) is 5.69 Å². The second-order valence-electron chi connectivity index (χ2n) is 5.24. The van der Waals surface area contributed by atoms with Gasteiger partial charge in [0.2, 0.25) is 0 Å². The van der Waals surface area contributed by atoms with Crippen molar-refractivity contribution in [2.24, 2.45) is 0 Å². The van der Waals surface area contributed by atoms with Gasteiger partial charge < -0.3 is 5.32 Å². The van der Waals surface area contributed by atoms with Gasteiger partial charge in [0.15, 0.2) is 0 Å². The summed E-state index contributed by atoms with van der Waals surface area (Å²) in [7, 11) is 0. The molecule has 0 aliphatic rings. The molecule has 2 heteroatoms. The highest BCUT2D eigenvalue weighted by atomic mass is 14.9. The van der Waals surface area contributed by atoms with Gasteiger partial charge in [-0.05, 0) is 43.9 Å². The molecule has 0 fully saturated rings. The molecule has 0 aliphatic heterocycles. The average Bonchev–Trinajstić information content (AvgIpc) is 2.41. The van der Waals surface area contributed by atoms with Crippen molar-refractivity contribution in [2.75, 3.05) is 11.9 Å². The lowest BCUT2D eigenvalue weighted by atomic mass is 10.0. The number of benzene rings is 1. The molecule has 1 aromatic heterocycles. The number of aryl methyl sites for hydroxylation is 3. The third kappa shape index (κ3) is 2.89. The summed E-state index contributed by atoms with van der Waals surface area (Å²) in [6.45, 7) is 9.73. The van der Waals surface area contributed by atoms with E-state index >= 15 is 0 Å². The minimum atomic E-state index is 1.01. The molecule has 2 nitrogen and oxygen atoms in total. The Morgan fingerprint density at radius 3 is 2.58 bits per heavy atom. The maximum absolute atomic E-state index is 4.85. The van der Waals surface area contributed by atoms with Gasteiger partial charge in [0.1, 0.15) is 0 Å². The van der Waals surface area contributed by atoms with Crippen LogP contribution in [-0.4, -0.2) is 11.5 Å². The Labute approximate surface area is 116 Å². The van der Waals surface area contributed by atoms with Crippen LogP contribution in [0.15, 0.2) is 18.2 Å². The van der Waals surface area contributed by atoms with Gasteiger partial charge in [0.05, 0.1) is 5.52 Å². The summed E-state index contributed by atoms with van der Waals surface area (Å²) < 4.78 is 0. The fourth-order valence-electron chi connectivity index (χ4n) is 2.37. The first kappa shape index (κ1) is 13.9. The van der Waals surface area contributed by atoms with Gasteiger partial charge in [-0.15, -0.1) is 0 Å². The van der Waals surface area contributed by atoms with Gasteiger partial charge in [-0.3, -0.25) is 4.98 Å². The summed E-state index contributed by atoms with van der Waals surface area (Å²) in [6.07, 6.45) is 3.32. The molecule has 0 aliphatic carbocycles. The van der Waals surface area contributed by atoms with E-state index in [1.165, 1.54) is 27.9 Å². The van der Waals surface area contributed by atoms with Crippen LogP contribution in [0.5, 0.6) is 0 Å². The van der Waals surface area contributed by atoms with Crippen molar-refractivity contribution in [1.82, 2.24) is 4.98 Å². The van der Waals surface area contributed by atoms with E-state index in [2.05, 4.69) is 51.2 Å². The fraction of sp³-hybridized carbons (Fsp3) is 0.471. The van der Waals surface area contributed by atoms with Gasteiger partial charge in [0, 0.05) is 23.3 Å². The Hall–Kier alpha value is -1.57. The minimum Gasteiger partial charge on any atom is -0.384 e. The lowest BCUT2D eigenvalue weighted by Crippen LogP contribution is -2.03. The number of nitrogens with zero attached hydrogens (tertiary/aromatic N) is 1. The number of pyridine rings is 1. The molecule has 0 radical (unpaired) electrons. The van der Waals surface area contributed by atoms with E-state index in [1.807, 2.05) is 0 Å². The first-order valence-corrected chi connectivity index (χ1v) is 7.31. The SMILES string of the molecule is CCCNc1cc(CCC)nc2c(C)c(C)ccc12. The molecule has 2 rings (SSSR count). The Bertz CT molecular complexity index is 573. The Morgan fingerprint density at radius 1 is 1.11 bits per heavy atom. The van der Waals surface area contributed by atoms with Crippen LogP contribution >= 0.6 is 0 Å². The maximum atomic E-state index is 4.85. The van der Waals surface area contributed by atoms with E-state index < -0.39 is 0 Å². The normalized spacial score (nSPS) is 10.9. The predicted molar refractivity (Wildman–Crippen MR) is 84.0 cm³/mol. The number of rotatable bonds is 5. The number of anilines is 1. The van der Waals surface area contributed by atoms with Gasteiger partial charge in [-0.2, -0.15) is 0 Å². The zero-order valence-electron chi connectivity index (χ0n) is 12.5. The van der Waals surface area contributed by atoms with Crippen molar-refractivity contribution in [3.8, 4) is 0 Å². The number of hydrogen-bond donors (Lipinski definition) is 1. The molecule has 0 atom stereocenters. The summed E-state index contributed by atoms with van der Waals surface area (Å²) in [4.78, 5) is 4.85. The molecule has 1 N–H and O–H groups in total. The van der Waals surface area contributed by atoms with Crippen LogP contribution in [0.2, 0.25) is 0 Å². The zero-order chi connectivity index (χ0) is 13.8. The second-order valence-corrected chi connectivity index (χ2v) is 5.24. The van der Waals surface area contributed by atoms with Crippen molar-refractivity contribution in [1.29, 1.82) is 0 Å². The summed E-state index contributed by atoms with van der Waals surface area (Å²) >= 11 is 0. The number of aromatic nitrogens is 1. The molecule has 1 aromatic carbocycles. The molecule has 0 spiro atoms. The van der Waals surface area contributed by atoms with E-state index in [1.54, 1.807) is 0 Å². The highest BCUT2D eigenvalue weighted by Crippen LogP contribution is 2.27. The lowest BCUT2D eigenvalue weighted by Gasteiger charge is -2.13. The molecule has 0 amide bonds. The Morgan fingerprint density at radius 2 is 1.89 bits per heavy atom. The molecular weight excluding hydrogens is 232 g/mol. The van der Waals surface area contributed by atoms with Crippen LogP contribution in [0.25, 0.3) is 10.9 Å². The summed E-state index contributed by atoms with van der Waals surface area (Å²) in [6, 6.07) is 6.60. The van der Waals surface area contributed by atoms with Crippen molar-refractivity contribution in [3.63, 3.8) is 0 Å². The van der Waals surface area contributed by atoms with E-state index in [4.69, 9.17) is 4.98 Å². The third-order valence-corrected chi connectivity index (χ3v) is 3.63. The van der Waals surface area contributed by atoms with E-state index in [-0.39, 0.29) is 0 Å². The van der Waals surface area contributed by atoms with Crippen LogP contribution in [0, 0.1) is 13.8 Å². The van der Waals surface area contributed by atoms with Gasteiger partial charge in [0.25, 0.3) is 0 Å². The lowest BCUT2D eigenvalue weighted by molar-refractivity contribution is 0.888. The fourth-order valence-corrected chi connectivity index (χ4v) is 2.37. The van der Waals surface area contributed by atoms with Crippen molar-refractivity contribution in [2.45, 2.75) is 47.0 Å². The number of fused-ring (bicyclic) bond motifs is 1. The standard InChI is InChI=1S/C17H24N2/c1-5-7-14-11-16(18-10-6-2)15-9-8-12(3)13(4)17(15)19-14/h8-9,11H,5-7,10H2,1-4H3,(H,18,19). The highest BCUT2D eigenvalue weighted by Gasteiger charge is 2.08. The van der Waals surface area contributed by atoms with Crippen molar-refractivity contribution in [3.05, 3.63) is 35.0 Å². The van der Waals surface area contributed by atoms with E-state index in [9.17, 15) is 0 Å². The van der Waals surface area contributed by atoms with Crippen LogP contribution in [0.3, 0.4) is 0 Å². The average molecular weight is 256 g/mol. The molecule has 102 valence electrons. The van der Waals surface area contributed by atoms with Crippen LogP contribution < -0.4 is 5.32 Å². The van der Waals surface area contributed by atoms with Gasteiger partial charge in [-0.1, -0.05) is 32.4 Å². The topological polar surface area (TPSA) is 24.9 Å². The Balaban J connectivity index is 2.60.